The van der Waals surface area contributed by atoms with Crippen molar-refractivity contribution < 1.29 is 28.7 Å². The van der Waals surface area contributed by atoms with Crippen molar-refractivity contribution in [2.75, 3.05) is 0 Å². The van der Waals surface area contributed by atoms with Gasteiger partial charge < -0.3 is 16.2 Å². The van der Waals surface area contributed by atoms with Crippen LogP contribution in [0.25, 0.3) is 0 Å². The summed E-state index contributed by atoms with van der Waals surface area (Å²) < 4.78 is 4.99. The summed E-state index contributed by atoms with van der Waals surface area (Å²) in [4.78, 5) is 57.5. The van der Waals surface area contributed by atoms with E-state index < -0.39 is 29.0 Å². The van der Waals surface area contributed by atoms with E-state index in [0.717, 1.165) is 5.56 Å². The van der Waals surface area contributed by atoms with Gasteiger partial charge in [0, 0.05) is 12.8 Å². The van der Waals surface area contributed by atoms with Crippen molar-refractivity contribution in [3.8, 4) is 0 Å². The molecule has 2 heterocycles. The van der Waals surface area contributed by atoms with E-state index in [1.807, 2.05) is 6.07 Å². The average molecular weight is 418 g/mol. The molecule has 2 fully saturated rings. The summed E-state index contributed by atoms with van der Waals surface area (Å²) in [6.07, 6.45) is 0.100. The van der Waals surface area contributed by atoms with Gasteiger partial charge in [0.25, 0.3) is 5.91 Å². The monoisotopic (exact) mass is 418 g/mol. The lowest BCUT2D eigenvalue weighted by molar-refractivity contribution is -0.150. The molecule has 0 aliphatic carbocycles. The van der Waals surface area contributed by atoms with Crippen LogP contribution in [-0.4, -0.2) is 45.7 Å². The van der Waals surface area contributed by atoms with Crippen molar-refractivity contribution in [2.24, 2.45) is 11.5 Å². The maximum absolute atomic E-state index is 12.0. The molecular formula is C20H26N4O6. The number of carbonyl (C=O) groups is 5. The molecule has 10 nitrogen and oxygen atoms in total. The lowest BCUT2D eigenvalue weighted by Crippen LogP contribution is -2.60. The summed E-state index contributed by atoms with van der Waals surface area (Å²) in [6, 6.07) is 9.00. The van der Waals surface area contributed by atoms with Crippen molar-refractivity contribution >= 4 is 29.7 Å². The third kappa shape index (κ3) is 5.71. The fraction of sp³-hybridized carbons (Fsp3) is 0.450. The van der Waals surface area contributed by atoms with Crippen molar-refractivity contribution in [1.29, 1.82) is 0 Å². The predicted octanol–water partition coefficient (Wildman–Crippen LogP) is 0.330. The maximum atomic E-state index is 12.0. The Morgan fingerprint density at radius 3 is 2.20 bits per heavy atom. The number of ether oxygens (including phenoxy) is 1. The number of nitrogens with two attached hydrogens (primary N) is 2. The second-order valence-electron chi connectivity index (χ2n) is 7.79. The molecule has 1 aromatic rings. The molecule has 3 rings (SSSR count). The van der Waals surface area contributed by atoms with Gasteiger partial charge in [0.2, 0.25) is 17.7 Å². The minimum absolute atomic E-state index is 0.00197. The Labute approximate surface area is 173 Å². The highest BCUT2D eigenvalue weighted by Crippen LogP contribution is 2.21. The highest BCUT2D eigenvalue weighted by atomic mass is 16.6. The Morgan fingerprint density at radius 2 is 1.63 bits per heavy atom. The van der Waals surface area contributed by atoms with E-state index in [1.54, 1.807) is 31.2 Å². The third-order valence-corrected chi connectivity index (χ3v) is 4.83. The second kappa shape index (κ2) is 9.14. The average Bonchev–Trinajstić information content (AvgIpc) is 2.69. The van der Waals surface area contributed by atoms with Crippen molar-refractivity contribution in [1.82, 2.24) is 10.2 Å². The first-order valence-electron chi connectivity index (χ1n) is 9.44. The molecule has 5 N–H and O–H groups in total. The molecule has 2 unspecified atom stereocenters. The van der Waals surface area contributed by atoms with Gasteiger partial charge in [-0.25, -0.2) is 4.79 Å². The van der Waals surface area contributed by atoms with Crippen LogP contribution >= 0.6 is 0 Å². The Bertz CT molecular complexity index is 850. The van der Waals surface area contributed by atoms with Crippen LogP contribution in [0.3, 0.4) is 0 Å². The van der Waals surface area contributed by atoms with Crippen LogP contribution in [0.1, 0.15) is 45.1 Å². The first-order valence-corrected chi connectivity index (χ1v) is 9.44. The maximum Gasteiger partial charge on any atom is 0.423 e. The zero-order valence-corrected chi connectivity index (χ0v) is 17.0. The molecule has 2 aliphatic heterocycles. The molecule has 0 radical (unpaired) electrons. The second-order valence-corrected chi connectivity index (χ2v) is 7.79. The number of imide groups is 4. The Morgan fingerprint density at radius 1 is 1.03 bits per heavy atom. The molecule has 10 heteroatoms. The molecule has 1 aromatic carbocycles. The van der Waals surface area contributed by atoms with Crippen LogP contribution in [0.4, 0.5) is 4.79 Å². The normalized spacial score (nSPS) is 26.5. The molecule has 2 aliphatic rings. The van der Waals surface area contributed by atoms with E-state index in [9.17, 15) is 24.0 Å². The van der Waals surface area contributed by atoms with Gasteiger partial charge in [0.05, 0.1) is 11.1 Å². The van der Waals surface area contributed by atoms with Crippen molar-refractivity contribution in [3.05, 3.63) is 35.9 Å². The molecule has 0 bridgehead atoms. The molecular weight excluding hydrogens is 392 g/mol. The number of benzene rings is 1. The number of amides is 5. The van der Waals surface area contributed by atoms with E-state index in [1.165, 1.54) is 6.92 Å². The topological polar surface area (TPSA) is 162 Å². The van der Waals surface area contributed by atoms with Gasteiger partial charge in [0.1, 0.15) is 6.61 Å². The smallest absolute Gasteiger partial charge is 0.423 e. The number of likely N-dealkylation sites (tertiary alicyclic amines) is 1. The Balaban J connectivity index is 0.000000269. The summed E-state index contributed by atoms with van der Waals surface area (Å²) in [7, 11) is 0. The SMILES string of the molecule is CC1(N)CCC(=O)N(C(=O)OCc2ccccc2)C1=O.CC1(N)CCC(=O)NC1=O. The zero-order chi connectivity index (χ0) is 22.5. The number of piperidine rings is 2. The number of carbonyl (C=O) groups excluding carboxylic acids is 5. The van der Waals surface area contributed by atoms with Gasteiger partial charge in [0.15, 0.2) is 0 Å². The van der Waals surface area contributed by atoms with Gasteiger partial charge >= 0.3 is 6.09 Å². The summed E-state index contributed by atoms with van der Waals surface area (Å²) in [5.74, 6) is -1.89. The molecule has 162 valence electrons. The minimum Gasteiger partial charge on any atom is -0.444 e. The zero-order valence-electron chi connectivity index (χ0n) is 17.0. The third-order valence-electron chi connectivity index (χ3n) is 4.83. The van der Waals surface area contributed by atoms with Crippen LogP contribution in [-0.2, 0) is 30.5 Å². The van der Waals surface area contributed by atoms with Crippen LogP contribution in [0, 0.1) is 0 Å². The molecule has 30 heavy (non-hydrogen) atoms. The van der Waals surface area contributed by atoms with Crippen LogP contribution < -0.4 is 16.8 Å². The minimum atomic E-state index is -1.21. The number of nitrogens with one attached hydrogen (secondary N) is 1. The highest BCUT2D eigenvalue weighted by Gasteiger charge is 2.44. The summed E-state index contributed by atoms with van der Waals surface area (Å²) >= 11 is 0. The number of hydrogen-bond acceptors (Lipinski definition) is 8. The molecule has 2 atom stereocenters. The predicted molar refractivity (Wildman–Crippen MR) is 105 cm³/mol. The number of hydrogen-bond donors (Lipinski definition) is 3. The van der Waals surface area contributed by atoms with E-state index in [4.69, 9.17) is 16.2 Å². The van der Waals surface area contributed by atoms with Crippen molar-refractivity contribution in [3.63, 3.8) is 0 Å². The Hall–Kier alpha value is -3.11. The van der Waals surface area contributed by atoms with Gasteiger partial charge in [-0.2, -0.15) is 4.90 Å². The number of rotatable bonds is 2. The van der Waals surface area contributed by atoms with Crippen LogP contribution in [0.15, 0.2) is 30.3 Å². The quantitative estimate of drug-likeness (QED) is 0.579. The standard InChI is InChI=1S/C14H16N2O4.C6H10N2O2/c1-14(15)8-7-11(17)16(12(14)18)13(19)20-9-10-5-3-2-4-6-10;1-6(7)3-2-4(9)8-5(6)10/h2-6H,7-9,15H2,1H3;2-3,7H2,1H3,(H,8,9,10). The van der Waals surface area contributed by atoms with Crippen LogP contribution in [0.2, 0.25) is 0 Å². The van der Waals surface area contributed by atoms with Gasteiger partial charge in [-0.05, 0) is 32.3 Å². The molecule has 5 amide bonds. The number of nitrogens with zero attached hydrogens (tertiary/aromatic N) is 1. The first kappa shape index (κ1) is 23.2. The first-order chi connectivity index (χ1) is 13.9. The summed E-state index contributed by atoms with van der Waals surface area (Å²) in [5.41, 5.74) is 10.00. The summed E-state index contributed by atoms with van der Waals surface area (Å²) in [5, 5.41) is 2.17. The van der Waals surface area contributed by atoms with E-state index in [2.05, 4.69) is 5.32 Å². The van der Waals surface area contributed by atoms with Crippen molar-refractivity contribution in [2.45, 2.75) is 57.2 Å². The lowest BCUT2D eigenvalue weighted by Gasteiger charge is -2.33. The molecule has 0 saturated carbocycles. The van der Waals surface area contributed by atoms with E-state index in [-0.39, 0.29) is 31.3 Å². The Kier molecular flexibility index (Phi) is 7.06. The fourth-order valence-corrected chi connectivity index (χ4v) is 2.74. The lowest BCUT2D eigenvalue weighted by atomic mass is 9.91. The molecule has 0 spiro atoms. The molecule has 2 saturated heterocycles. The largest absolute Gasteiger partial charge is 0.444 e. The van der Waals surface area contributed by atoms with E-state index >= 15 is 0 Å². The van der Waals surface area contributed by atoms with Gasteiger partial charge in [-0.3, -0.25) is 24.5 Å². The van der Waals surface area contributed by atoms with Crippen LogP contribution in [0.5, 0.6) is 0 Å². The summed E-state index contributed by atoms with van der Waals surface area (Å²) in [6.45, 7) is 3.12. The fourth-order valence-electron chi connectivity index (χ4n) is 2.74. The molecule has 0 aromatic heterocycles. The van der Waals surface area contributed by atoms with E-state index in [0.29, 0.717) is 17.7 Å². The van der Waals surface area contributed by atoms with Gasteiger partial charge in [-0.15, -0.1) is 0 Å². The highest BCUT2D eigenvalue weighted by molar-refractivity contribution is 6.13. The van der Waals surface area contributed by atoms with Gasteiger partial charge in [-0.1, -0.05) is 30.3 Å².